The Hall–Kier alpha value is -1.59. The second-order valence-corrected chi connectivity index (χ2v) is 6.13. The fourth-order valence-electron chi connectivity index (χ4n) is 1.63. The maximum Gasteiger partial charge on any atom is 0.185 e. The molecule has 0 saturated carbocycles. The molecule has 0 aliphatic rings. The van der Waals surface area contributed by atoms with Crippen LogP contribution in [-0.4, -0.2) is 8.42 Å². The number of hydrogen-bond acceptors (Lipinski definition) is 4. The van der Waals surface area contributed by atoms with Crippen LogP contribution >= 0.6 is 0 Å². The van der Waals surface area contributed by atoms with Crippen LogP contribution in [0.4, 0.5) is 0 Å². The van der Waals surface area contributed by atoms with Gasteiger partial charge >= 0.3 is 0 Å². The van der Waals surface area contributed by atoms with Crippen LogP contribution in [0.3, 0.4) is 0 Å². The fourth-order valence-corrected chi connectivity index (χ4v) is 2.87. The first-order valence-electron chi connectivity index (χ1n) is 5.58. The zero-order chi connectivity index (χ0) is 13.2. The lowest BCUT2D eigenvalue weighted by atomic mass is 10.2. The molecule has 0 fully saturated rings. The molecule has 2 rings (SSSR count). The van der Waals surface area contributed by atoms with Crippen molar-refractivity contribution in [2.45, 2.75) is 24.1 Å². The van der Waals surface area contributed by atoms with E-state index in [2.05, 4.69) is 0 Å². The predicted octanol–water partition coefficient (Wildman–Crippen LogP) is 2.02. The third-order valence-corrected chi connectivity index (χ3v) is 4.29. The molecule has 2 aromatic rings. The minimum atomic E-state index is -3.36. The maximum atomic E-state index is 12.1. The largest absolute Gasteiger partial charge is 0.464 e. The lowest BCUT2D eigenvalue weighted by molar-refractivity contribution is 0.477. The Morgan fingerprint density at radius 2 is 1.67 bits per heavy atom. The second-order valence-electron chi connectivity index (χ2n) is 4.14. The molecule has 0 unspecified atom stereocenters. The normalized spacial score (nSPS) is 11.7. The number of aryl methyl sites for hydroxylation is 1. The molecule has 0 bridgehead atoms. The van der Waals surface area contributed by atoms with Gasteiger partial charge in [0.15, 0.2) is 9.84 Å². The zero-order valence-electron chi connectivity index (χ0n) is 10.1. The molecule has 0 spiro atoms. The Morgan fingerprint density at radius 3 is 2.22 bits per heavy atom. The molecule has 0 amide bonds. The van der Waals surface area contributed by atoms with Crippen LogP contribution in [0.15, 0.2) is 45.7 Å². The van der Waals surface area contributed by atoms with Crippen molar-refractivity contribution < 1.29 is 12.8 Å². The zero-order valence-corrected chi connectivity index (χ0v) is 10.9. The van der Waals surface area contributed by atoms with Gasteiger partial charge in [-0.1, -0.05) is 17.7 Å². The first kappa shape index (κ1) is 12.9. The Kier molecular flexibility index (Phi) is 3.54. The highest BCUT2D eigenvalue weighted by atomic mass is 32.2. The molecule has 0 radical (unpaired) electrons. The number of nitrogens with two attached hydrogens (primary N) is 1. The van der Waals surface area contributed by atoms with Gasteiger partial charge in [0.05, 0.1) is 11.4 Å². The molecule has 1 aromatic heterocycles. The Labute approximate surface area is 106 Å². The number of benzene rings is 1. The van der Waals surface area contributed by atoms with Crippen LogP contribution in [0.5, 0.6) is 0 Å². The SMILES string of the molecule is Cc1ccc(S(=O)(=O)Cc2ccc(CN)o2)cc1. The van der Waals surface area contributed by atoms with Gasteiger partial charge in [0.25, 0.3) is 0 Å². The molecule has 1 heterocycles. The first-order valence-corrected chi connectivity index (χ1v) is 7.23. The Morgan fingerprint density at radius 1 is 1.06 bits per heavy atom. The van der Waals surface area contributed by atoms with Gasteiger partial charge < -0.3 is 10.2 Å². The van der Waals surface area contributed by atoms with Crippen molar-refractivity contribution in [3.8, 4) is 0 Å². The summed E-state index contributed by atoms with van der Waals surface area (Å²) in [6.07, 6.45) is 0. The molecule has 18 heavy (non-hydrogen) atoms. The van der Waals surface area contributed by atoms with E-state index in [1.165, 1.54) is 0 Å². The van der Waals surface area contributed by atoms with E-state index in [1.54, 1.807) is 36.4 Å². The smallest absolute Gasteiger partial charge is 0.185 e. The van der Waals surface area contributed by atoms with E-state index in [9.17, 15) is 8.42 Å². The average molecular weight is 265 g/mol. The third-order valence-electron chi connectivity index (χ3n) is 2.63. The quantitative estimate of drug-likeness (QED) is 0.917. The van der Waals surface area contributed by atoms with Gasteiger partial charge in [-0.15, -0.1) is 0 Å². The Balaban J connectivity index is 2.24. The monoisotopic (exact) mass is 265 g/mol. The second kappa shape index (κ2) is 4.96. The van der Waals surface area contributed by atoms with Gasteiger partial charge in [-0.3, -0.25) is 0 Å². The van der Waals surface area contributed by atoms with Crippen LogP contribution in [0.2, 0.25) is 0 Å². The summed E-state index contributed by atoms with van der Waals surface area (Å²) in [5.74, 6) is 0.857. The van der Waals surface area contributed by atoms with Crippen LogP contribution in [0.1, 0.15) is 17.1 Å². The molecular formula is C13H15NO3S. The van der Waals surface area contributed by atoms with Crippen molar-refractivity contribution in [2.75, 3.05) is 0 Å². The minimum absolute atomic E-state index is 0.143. The van der Waals surface area contributed by atoms with Gasteiger partial charge in [-0.2, -0.15) is 0 Å². The number of sulfone groups is 1. The van der Waals surface area contributed by atoms with E-state index in [-0.39, 0.29) is 12.3 Å². The van der Waals surface area contributed by atoms with E-state index in [0.29, 0.717) is 16.4 Å². The number of hydrogen-bond donors (Lipinski definition) is 1. The van der Waals surface area contributed by atoms with Crippen molar-refractivity contribution in [1.82, 2.24) is 0 Å². The van der Waals surface area contributed by atoms with Crippen LogP contribution in [0, 0.1) is 6.92 Å². The summed E-state index contributed by atoms with van der Waals surface area (Å²) < 4.78 is 29.5. The van der Waals surface area contributed by atoms with Gasteiger partial charge in [-0.05, 0) is 31.2 Å². The molecule has 0 saturated heterocycles. The van der Waals surface area contributed by atoms with Gasteiger partial charge in [0, 0.05) is 0 Å². The lowest BCUT2D eigenvalue weighted by Crippen LogP contribution is -2.04. The summed E-state index contributed by atoms with van der Waals surface area (Å²) in [7, 11) is -3.36. The van der Waals surface area contributed by atoms with Crippen LogP contribution in [0.25, 0.3) is 0 Å². The summed E-state index contributed by atoms with van der Waals surface area (Å²) in [6, 6.07) is 10.1. The topological polar surface area (TPSA) is 73.3 Å². The minimum Gasteiger partial charge on any atom is -0.464 e. The van der Waals surface area contributed by atoms with Crippen molar-refractivity contribution >= 4 is 9.84 Å². The van der Waals surface area contributed by atoms with Gasteiger partial charge in [0.2, 0.25) is 0 Å². The molecule has 2 N–H and O–H groups in total. The highest BCUT2D eigenvalue weighted by molar-refractivity contribution is 7.90. The van der Waals surface area contributed by atoms with Crippen LogP contribution < -0.4 is 5.73 Å². The molecule has 5 heteroatoms. The third kappa shape index (κ3) is 2.80. The fraction of sp³-hybridized carbons (Fsp3) is 0.231. The van der Waals surface area contributed by atoms with E-state index >= 15 is 0 Å². The number of rotatable bonds is 4. The molecule has 96 valence electrons. The summed E-state index contributed by atoms with van der Waals surface area (Å²) in [5.41, 5.74) is 6.44. The average Bonchev–Trinajstić information content (AvgIpc) is 2.76. The van der Waals surface area contributed by atoms with E-state index < -0.39 is 9.84 Å². The van der Waals surface area contributed by atoms with Gasteiger partial charge in [-0.25, -0.2) is 8.42 Å². The Bertz CT molecular complexity index is 627. The first-order chi connectivity index (χ1) is 8.51. The lowest BCUT2D eigenvalue weighted by Gasteiger charge is -2.03. The number of furan rings is 1. The van der Waals surface area contributed by atoms with Crippen molar-refractivity contribution in [2.24, 2.45) is 5.73 Å². The van der Waals surface area contributed by atoms with Crippen molar-refractivity contribution in [1.29, 1.82) is 0 Å². The van der Waals surface area contributed by atoms with Crippen molar-refractivity contribution in [3.05, 3.63) is 53.5 Å². The van der Waals surface area contributed by atoms with Crippen molar-refractivity contribution in [3.63, 3.8) is 0 Å². The summed E-state index contributed by atoms with van der Waals surface area (Å²) in [4.78, 5) is 0.304. The standard InChI is InChI=1S/C13H15NO3S/c1-10-2-6-13(7-3-10)18(15,16)9-12-5-4-11(8-14)17-12/h2-7H,8-9,14H2,1H3. The molecule has 1 aromatic carbocycles. The summed E-state index contributed by atoms with van der Waals surface area (Å²) in [6.45, 7) is 2.18. The summed E-state index contributed by atoms with van der Waals surface area (Å²) >= 11 is 0. The molecular weight excluding hydrogens is 250 g/mol. The van der Waals surface area contributed by atoms with E-state index in [1.807, 2.05) is 6.92 Å². The van der Waals surface area contributed by atoms with E-state index in [4.69, 9.17) is 10.2 Å². The highest BCUT2D eigenvalue weighted by Gasteiger charge is 2.17. The molecule has 0 atom stereocenters. The molecule has 0 aliphatic heterocycles. The maximum absolute atomic E-state index is 12.1. The summed E-state index contributed by atoms with van der Waals surface area (Å²) in [5, 5.41) is 0. The highest BCUT2D eigenvalue weighted by Crippen LogP contribution is 2.18. The predicted molar refractivity (Wildman–Crippen MR) is 68.7 cm³/mol. The molecule has 0 aliphatic carbocycles. The van der Waals surface area contributed by atoms with Gasteiger partial charge in [0.1, 0.15) is 17.3 Å². The van der Waals surface area contributed by atoms with E-state index in [0.717, 1.165) is 5.56 Å². The molecule has 4 nitrogen and oxygen atoms in total. The van der Waals surface area contributed by atoms with Crippen LogP contribution in [-0.2, 0) is 22.1 Å².